The lowest BCUT2D eigenvalue weighted by Gasteiger charge is -2.32. The van der Waals surface area contributed by atoms with Gasteiger partial charge in [0, 0.05) is 38.4 Å². The van der Waals surface area contributed by atoms with Crippen molar-refractivity contribution in [3.63, 3.8) is 0 Å². The van der Waals surface area contributed by atoms with Gasteiger partial charge in [0.2, 0.25) is 0 Å². The van der Waals surface area contributed by atoms with Crippen molar-refractivity contribution in [2.24, 2.45) is 0 Å². The van der Waals surface area contributed by atoms with Gasteiger partial charge in [0.15, 0.2) is 0 Å². The van der Waals surface area contributed by atoms with Gasteiger partial charge in [-0.25, -0.2) is 4.79 Å². The second-order valence-electron chi connectivity index (χ2n) is 8.39. The minimum Gasteiger partial charge on any atom is -0.491 e. The Kier molecular flexibility index (Phi) is 8.77. The van der Waals surface area contributed by atoms with Gasteiger partial charge in [-0.2, -0.15) is 0 Å². The Morgan fingerprint density at radius 3 is 2.77 bits per heavy atom. The fourth-order valence-electron chi connectivity index (χ4n) is 3.97. The number of ether oxygens (including phenoxy) is 4. The SMILES string of the molecule is COCCOc1cc2cc(c1)C(=O)NCCNC(=O)N[C@H]1CCNC[C@@H]1OCc1cccc(c1)O2. The first-order chi connectivity index (χ1) is 17.1. The lowest BCUT2D eigenvalue weighted by atomic mass is 10.0. The van der Waals surface area contributed by atoms with E-state index < -0.39 is 0 Å². The zero-order valence-electron chi connectivity index (χ0n) is 19.8. The van der Waals surface area contributed by atoms with Gasteiger partial charge in [0.05, 0.1) is 25.4 Å². The zero-order chi connectivity index (χ0) is 24.5. The predicted molar refractivity (Wildman–Crippen MR) is 129 cm³/mol. The lowest BCUT2D eigenvalue weighted by Crippen LogP contribution is -2.56. The number of methoxy groups -OCH3 is 1. The summed E-state index contributed by atoms with van der Waals surface area (Å²) >= 11 is 0. The third kappa shape index (κ3) is 7.32. The van der Waals surface area contributed by atoms with Gasteiger partial charge < -0.3 is 40.2 Å². The molecule has 0 spiro atoms. The molecule has 188 valence electrons. The molecule has 35 heavy (non-hydrogen) atoms. The topological polar surface area (TPSA) is 119 Å². The van der Waals surface area contributed by atoms with E-state index in [0.29, 0.717) is 49.2 Å². The van der Waals surface area contributed by atoms with E-state index >= 15 is 0 Å². The number of hydrogen-bond acceptors (Lipinski definition) is 7. The largest absolute Gasteiger partial charge is 0.491 e. The molecule has 0 unspecified atom stereocenters. The molecule has 2 atom stereocenters. The van der Waals surface area contributed by atoms with E-state index in [1.165, 1.54) is 0 Å². The standard InChI is InChI=1S/C25H32N4O6/c1-32-9-10-33-20-12-18-13-21(14-20)35-19-4-2-3-17(11-19)16-34-23-15-26-6-5-22(23)29-25(31)28-8-7-27-24(18)30/h2-4,11-14,22-23,26H,5-10,15-16H2,1H3,(H,27,30)(H2,28,29,31)/t22-,23-/m0/s1. The van der Waals surface area contributed by atoms with Crippen molar-refractivity contribution in [2.75, 3.05) is 46.5 Å². The van der Waals surface area contributed by atoms with E-state index in [2.05, 4.69) is 21.3 Å². The van der Waals surface area contributed by atoms with Crippen molar-refractivity contribution < 1.29 is 28.5 Å². The van der Waals surface area contributed by atoms with Crippen molar-refractivity contribution >= 4 is 11.9 Å². The summed E-state index contributed by atoms with van der Waals surface area (Å²) in [6, 6.07) is 12.2. The molecule has 2 aliphatic heterocycles. The minimum absolute atomic E-state index is 0.111. The van der Waals surface area contributed by atoms with Gasteiger partial charge >= 0.3 is 6.03 Å². The molecule has 2 heterocycles. The predicted octanol–water partition coefficient (Wildman–Crippen LogP) is 1.79. The van der Waals surface area contributed by atoms with Crippen molar-refractivity contribution in [2.45, 2.75) is 25.2 Å². The first-order valence-electron chi connectivity index (χ1n) is 11.8. The monoisotopic (exact) mass is 484 g/mol. The van der Waals surface area contributed by atoms with Crippen molar-refractivity contribution in [1.82, 2.24) is 21.3 Å². The Hall–Kier alpha value is -3.34. The van der Waals surface area contributed by atoms with Crippen LogP contribution in [0.1, 0.15) is 22.3 Å². The van der Waals surface area contributed by atoms with Crippen LogP contribution in [0.4, 0.5) is 4.79 Å². The molecular formula is C25H32N4O6. The minimum atomic E-state index is -0.295. The highest BCUT2D eigenvalue weighted by molar-refractivity contribution is 5.95. The molecular weight excluding hydrogens is 452 g/mol. The molecule has 4 N–H and O–H groups in total. The number of carbonyl (C=O) groups is 2. The molecule has 10 heteroatoms. The fraction of sp³-hybridized carbons (Fsp3) is 0.440. The van der Waals surface area contributed by atoms with Gasteiger partial charge in [-0.3, -0.25) is 4.79 Å². The lowest BCUT2D eigenvalue weighted by molar-refractivity contribution is 0.00582. The third-order valence-corrected chi connectivity index (χ3v) is 5.74. The Morgan fingerprint density at radius 1 is 1.00 bits per heavy atom. The number of urea groups is 1. The average Bonchev–Trinajstić information content (AvgIpc) is 2.86. The summed E-state index contributed by atoms with van der Waals surface area (Å²) in [7, 11) is 1.59. The van der Waals surface area contributed by atoms with Crippen LogP contribution in [0.5, 0.6) is 17.2 Å². The van der Waals surface area contributed by atoms with Crippen LogP contribution in [-0.4, -0.2) is 70.6 Å². The third-order valence-electron chi connectivity index (χ3n) is 5.74. The fourth-order valence-corrected chi connectivity index (χ4v) is 3.97. The van der Waals surface area contributed by atoms with E-state index in [-0.39, 0.29) is 37.2 Å². The summed E-state index contributed by atoms with van der Waals surface area (Å²) < 4.78 is 23.0. The van der Waals surface area contributed by atoms with Gasteiger partial charge in [-0.1, -0.05) is 12.1 Å². The van der Waals surface area contributed by atoms with Crippen molar-refractivity contribution in [3.05, 3.63) is 53.6 Å². The molecule has 10 nitrogen and oxygen atoms in total. The van der Waals surface area contributed by atoms with E-state index in [1.807, 2.05) is 24.3 Å². The van der Waals surface area contributed by atoms with E-state index in [0.717, 1.165) is 18.5 Å². The number of fused-ring (bicyclic) bond motifs is 5. The van der Waals surface area contributed by atoms with E-state index in [9.17, 15) is 9.59 Å². The van der Waals surface area contributed by atoms with Gasteiger partial charge in [0.1, 0.15) is 23.9 Å². The van der Waals surface area contributed by atoms with Crippen LogP contribution in [0.2, 0.25) is 0 Å². The first-order valence-corrected chi connectivity index (χ1v) is 11.8. The van der Waals surface area contributed by atoms with E-state index in [1.54, 1.807) is 25.3 Å². The van der Waals surface area contributed by atoms with Crippen LogP contribution in [0.15, 0.2) is 42.5 Å². The number of benzene rings is 2. The van der Waals surface area contributed by atoms with E-state index in [4.69, 9.17) is 18.9 Å². The second-order valence-corrected chi connectivity index (χ2v) is 8.39. The molecule has 4 bridgehead atoms. The summed E-state index contributed by atoms with van der Waals surface area (Å²) in [6.07, 6.45) is 0.600. The van der Waals surface area contributed by atoms with Gasteiger partial charge in [-0.15, -0.1) is 0 Å². The van der Waals surface area contributed by atoms with Crippen molar-refractivity contribution in [3.8, 4) is 17.2 Å². The quantitative estimate of drug-likeness (QED) is 0.489. The highest BCUT2D eigenvalue weighted by atomic mass is 16.5. The molecule has 0 radical (unpaired) electrons. The molecule has 4 rings (SSSR count). The highest BCUT2D eigenvalue weighted by Gasteiger charge is 2.27. The molecule has 2 aliphatic rings. The number of amides is 3. The first kappa shape index (κ1) is 24.8. The Labute approximate surface area is 204 Å². The second kappa shape index (κ2) is 12.4. The van der Waals surface area contributed by atoms with Gasteiger partial charge in [-0.05, 0) is 42.8 Å². The van der Waals surface area contributed by atoms with Crippen LogP contribution in [-0.2, 0) is 16.1 Å². The van der Waals surface area contributed by atoms with Crippen LogP contribution in [0.3, 0.4) is 0 Å². The number of carbonyl (C=O) groups excluding carboxylic acids is 2. The smallest absolute Gasteiger partial charge is 0.315 e. The van der Waals surface area contributed by atoms with Crippen molar-refractivity contribution in [1.29, 1.82) is 0 Å². The molecule has 3 amide bonds. The molecule has 0 aromatic heterocycles. The molecule has 1 fully saturated rings. The number of hydrogen-bond donors (Lipinski definition) is 4. The number of rotatable bonds is 4. The molecule has 0 saturated carbocycles. The van der Waals surface area contributed by atoms with Crippen LogP contribution in [0.25, 0.3) is 0 Å². The maximum atomic E-state index is 12.8. The summed E-state index contributed by atoms with van der Waals surface area (Å²) in [6.45, 7) is 3.13. The Balaban J connectivity index is 1.58. The average molecular weight is 485 g/mol. The molecule has 0 aliphatic carbocycles. The van der Waals surface area contributed by atoms with Crippen LogP contribution < -0.4 is 30.7 Å². The molecule has 1 saturated heterocycles. The normalized spacial score (nSPS) is 21.2. The molecule has 2 aromatic carbocycles. The summed E-state index contributed by atoms with van der Waals surface area (Å²) in [5, 5.41) is 11.9. The number of piperidine rings is 1. The Morgan fingerprint density at radius 2 is 1.89 bits per heavy atom. The zero-order valence-corrected chi connectivity index (χ0v) is 19.8. The molecule has 2 aromatic rings. The maximum absolute atomic E-state index is 12.8. The van der Waals surface area contributed by atoms with Crippen LogP contribution in [0, 0.1) is 0 Å². The Bertz CT molecular complexity index is 1020. The van der Waals surface area contributed by atoms with Crippen LogP contribution >= 0.6 is 0 Å². The summed E-state index contributed by atoms with van der Waals surface area (Å²) in [5.74, 6) is 1.28. The van der Waals surface area contributed by atoms with Gasteiger partial charge in [0.25, 0.3) is 5.91 Å². The maximum Gasteiger partial charge on any atom is 0.315 e. The summed E-state index contributed by atoms with van der Waals surface area (Å²) in [4.78, 5) is 25.2. The summed E-state index contributed by atoms with van der Waals surface area (Å²) in [5.41, 5.74) is 1.32. The number of nitrogens with one attached hydrogen (secondary N) is 4. The highest BCUT2D eigenvalue weighted by Crippen LogP contribution is 2.28.